The Morgan fingerprint density at radius 3 is 2.76 bits per heavy atom. The molecule has 2 aromatic carbocycles. The van der Waals surface area contributed by atoms with E-state index in [2.05, 4.69) is 27.3 Å². The Morgan fingerprint density at radius 2 is 2.05 bits per heavy atom. The van der Waals surface area contributed by atoms with E-state index in [0.717, 1.165) is 10.0 Å². The molecule has 0 aliphatic carbocycles. The molecular weight excluding hydrogens is 330 g/mol. The fraction of sp³-hybridized carbons (Fsp3) is 0.125. The summed E-state index contributed by atoms with van der Waals surface area (Å²) in [7, 11) is 0. The van der Waals surface area contributed by atoms with Crippen LogP contribution in [0.3, 0.4) is 0 Å². The van der Waals surface area contributed by atoms with E-state index in [1.54, 1.807) is 24.3 Å². The molecule has 4 nitrogen and oxygen atoms in total. The smallest absolute Gasteiger partial charge is 0.255 e. The van der Waals surface area contributed by atoms with E-state index in [1.165, 1.54) is 0 Å². The van der Waals surface area contributed by atoms with E-state index >= 15 is 0 Å². The van der Waals surface area contributed by atoms with Crippen molar-refractivity contribution in [3.05, 3.63) is 63.6 Å². The van der Waals surface area contributed by atoms with Gasteiger partial charge in [0, 0.05) is 10.0 Å². The number of anilines is 1. The summed E-state index contributed by atoms with van der Waals surface area (Å²) in [6, 6.07) is 14.5. The Kier molecular flexibility index (Phi) is 5.09. The standard InChI is InChI=1S/C16H14BrN3O/c17-13-5-6-15(12(9-13)10-19)20-16(21)14-4-2-1-3-11(14)7-8-18/h1-6,9H,7-8,18H2,(H,20,21). The summed E-state index contributed by atoms with van der Waals surface area (Å²) in [5.41, 5.74) is 7.94. The minimum Gasteiger partial charge on any atom is -0.330 e. The van der Waals surface area contributed by atoms with Gasteiger partial charge in [0.15, 0.2) is 0 Å². The molecule has 0 unspecified atom stereocenters. The zero-order valence-corrected chi connectivity index (χ0v) is 12.9. The number of rotatable bonds is 4. The second-order valence-electron chi connectivity index (χ2n) is 4.45. The largest absolute Gasteiger partial charge is 0.330 e. The van der Waals surface area contributed by atoms with Crippen molar-refractivity contribution in [1.82, 2.24) is 0 Å². The zero-order chi connectivity index (χ0) is 15.2. The molecule has 21 heavy (non-hydrogen) atoms. The normalized spacial score (nSPS) is 9.95. The van der Waals surface area contributed by atoms with Crippen molar-refractivity contribution in [3.63, 3.8) is 0 Å². The van der Waals surface area contributed by atoms with Gasteiger partial charge in [-0.05, 0) is 42.8 Å². The second kappa shape index (κ2) is 7.02. The third-order valence-corrected chi connectivity index (χ3v) is 3.52. The molecule has 0 fully saturated rings. The van der Waals surface area contributed by atoms with E-state index in [-0.39, 0.29) is 5.91 Å². The maximum absolute atomic E-state index is 12.4. The van der Waals surface area contributed by atoms with Gasteiger partial charge in [-0.2, -0.15) is 5.26 Å². The van der Waals surface area contributed by atoms with Gasteiger partial charge in [-0.1, -0.05) is 34.1 Å². The van der Waals surface area contributed by atoms with Crippen LogP contribution in [0.4, 0.5) is 5.69 Å². The summed E-state index contributed by atoms with van der Waals surface area (Å²) in [5.74, 6) is -0.238. The predicted molar refractivity (Wildman–Crippen MR) is 86.0 cm³/mol. The van der Waals surface area contributed by atoms with Gasteiger partial charge < -0.3 is 11.1 Å². The van der Waals surface area contributed by atoms with Gasteiger partial charge in [-0.15, -0.1) is 0 Å². The van der Waals surface area contributed by atoms with E-state index in [0.29, 0.717) is 29.8 Å². The lowest BCUT2D eigenvalue weighted by atomic mass is 10.0. The quantitative estimate of drug-likeness (QED) is 0.895. The second-order valence-corrected chi connectivity index (χ2v) is 5.37. The number of benzene rings is 2. The van der Waals surface area contributed by atoms with Gasteiger partial charge in [0.05, 0.1) is 11.3 Å². The number of nitrogens with zero attached hydrogens (tertiary/aromatic N) is 1. The highest BCUT2D eigenvalue weighted by Gasteiger charge is 2.12. The number of hydrogen-bond donors (Lipinski definition) is 2. The fourth-order valence-electron chi connectivity index (χ4n) is 2.02. The molecular formula is C16H14BrN3O. The molecule has 0 atom stereocenters. The van der Waals surface area contributed by atoms with Crippen molar-refractivity contribution >= 4 is 27.5 Å². The summed E-state index contributed by atoms with van der Waals surface area (Å²) in [6.45, 7) is 0.478. The fourth-order valence-corrected chi connectivity index (χ4v) is 2.38. The van der Waals surface area contributed by atoms with E-state index in [1.807, 2.05) is 18.2 Å². The molecule has 2 aromatic rings. The topological polar surface area (TPSA) is 78.9 Å². The highest BCUT2D eigenvalue weighted by Crippen LogP contribution is 2.21. The molecule has 5 heteroatoms. The van der Waals surface area contributed by atoms with Crippen LogP contribution >= 0.6 is 15.9 Å². The maximum Gasteiger partial charge on any atom is 0.255 e. The molecule has 0 aromatic heterocycles. The summed E-state index contributed by atoms with van der Waals surface area (Å²) in [5, 5.41) is 11.9. The van der Waals surface area contributed by atoms with Crippen molar-refractivity contribution in [3.8, 4) is 6.07 Å². The summed E-state index contributed by atoms with van der Waals surface area (Å²) in [4.78, 5) is 12.4. The summed E-state index contributed by atoms with van der Waals surface area (Å²) >= 11 is 3.30. The zero-order valence-electron chi connectivity index (χ0n) is 11.3. The van der Waals surface area contributed by atoms with Gasteiger partial charge in [-0.25, -0.2) is 0 Å². The van der Waals surface area contributed by atoms with E-state index < -0.39 is 0 Å². The summed E-state index contributed by atoms with van der Waals surface area (Å²) in [6.07, 6.45) is 0.634. The molecule has 0 radical (unpaired) electrons. The summed E-state index contributed by atoms with van der Waals surface area (Å²) < 4.78 is 0.792. The lowest BCUT2D eigenvalue weighted by Crippen LogP contribution is -2.16. The molecule has 0 heterocycles. The first-order valence-corrected chi connectivity index (χ1v) is 7.24. The van der Waals surface area contributed by atoms with Crippen molar-refractivity contribution in [1.29, 1.82) is 5.26 Å². The number of nitriles is 1. The van der Waals surface area contributed by atoms with Gasteiger partial charge >= 0.3 is 0 Å². The van der Waals surface area contributed by atoms with Gasteiger partial charge in [0.25, 0.3) is 5.91 Å². The van der Waals surface area contributed by atoms with Crippen molar-refractivity contribution < 1.29 is 4.79 Å². The SMILES string of the molecule is N#Cc1cc(Br)ccc1NC(=O)c1ccccc1CCN. The Labute approximate surface area is 131 Å². The molecule has 0 saturated heterocycles. The maximum atomic E-state index is 12.4. The van der Waals surface area contributed by atoms with E-state index in [9.17, 15) is 4.79 Å². The number of carbonyl (C=O) groups is 1. The molecule has 3 N–H and O–H groups in total. The van der Waals surface area contributed by atoms with Crippen LogP contribution in [0.15, 0.2) is 46.9 Å². The molecule has 1 amide bonds. The van der Waals surface area contributed by atoms with Crippen LogP contribution in [0.5, 0.6) is 0 Å². The van der Waals surface area contributed by atoms with Crippen LogP contribution in [0.2, 0.25) is 0 Å². The molecule has 2 rings (SSSR count). The van der Waals surface area contributed by atoms with Crippen LogP contribution in [0, 0.1) is 11.3 Å². The Bertz CT molecular complexity index is 707. The monoisotopic (exact) mass is 343 g/mol. The number of nitrogens with two attached hydrogens (primary N) is 1. The molecule has 0 saturated carbocycles. The number of nitrogens with one attached hydrogen (secondary N) is 1. The first-order chi connectivity index (χ1) is 10.2. The van der Waals surface area contributed by atoms with Crippen LogP contribution in [0.1, 0.15) is 21.5 Å². The van der Waals surface area contributed by atoms with Gasteiger partial charge in [-0.3, -0.25) is 4.79 Å². The molecule has 0 bridgehead atoms. The van der Waals surface area contributed by atoms with Crippen LogP contribution in [-0.4, -0.2) is 12.5 Å². The minimum absolute atomic E-state index is 0.238. The van der Waals surface area contributed by atoms with Gasteiger partial charge in [0.1, 0.15) is 6.07 Å². The lowest BCUT2D eigenvalue weighted by molar-refractivity contribution is 0.102. The Hall–Kier alpha value is -2.16. The number of amides is 1. The lowest BCUT2D eigenvalue weighted by Gasteiger charge is -2.10. The predicted octanol–water partition coefficient (Wildman–Crippen LogP) is 3.07. The van der Waals surface area contributed by atoms with Crippen LogP contribution in [-0.2, 0) is 6.42 Å². The first-order valence-electron chi connectivity index (χ1n) is 6.44. The molecule has 106 valence electrons. The Morgan fingerprint density at radius 1 is 1.29 bits per heavy atom. The third kappa shape index (κ3) is 3.69. The number of carbonyl (C=O) groups excluding carboxylic acids is 1. The van der Waals surface area contributed by atoms with Crippen LogP contribution in [0.25, 0.3) is 0 Å². The molecule has 0 aliphatic rings. The minimum atomic E-state index is -0.238. The Balaban J connectivity index is 2.29. The highest BCUT2D eigenvalue weighted by atomic mass is 79.9. The average Bonchev–Trinajstić information content (AvgIpc) is 2.49. The highest BCUT2D eigenvalue weighted by molar-refractivity contribution is 9.10. The molecule has 0 aliphatic heterocycles. The van der Waals surface area contributed by atoms with E-state index in [4.69, 9.17) is 11.0 Å². The van der Waals surface area contributed by atoms with Crippen molar-refractivity contribution in [2.75, 3.05) is 11.9 Å². The average molecular weight is 344 g/mol. The first kappa shape index (κ1) is 15.2. The third-order valence-electron chi connectivity index (χ3n) is 3.03. The van der Waals surface area contributed by atoms with Crippen molar-refractivity contribution in [2.24, 2.45) is 5.73 Å². The number of halogens is 1. The number of hydrogen-bond acceptors (Lipinski definition) is 3. The van der Waals surface area contributed by atoms with Crippen LogP contribution < -0.4 is 11.1 Å². The van der Waals surface area contributed by atoms with Gasteiger partial charge in [0.2, 0.25) is 0 Å². The molecule has 0 spiro atoms. The van der Waals surface area contributed by atoms with Crippen molar-refractivity contribution in [2.45, 2.75) is 6.42 Å².